The highest BCUT2D eigenvalue weighted by Gasteiger charge is 2.35. The number of rotatable bonds is 4. The van der Waals surface area contributed by atoms with Gasteiger partial charge in [-0.25, -0.2) is 0 Å². The minimum atomic E-state index is -0.658. The molecule has 0 atom stereocenters. The second-order valence-corrected chi connectivity index (χ2v) is 7.88. The van der Waals surface area contributed by atoms with Gasteiger partial charge >= 0.3 is 5.97 Å². The van der Waals surface area contributed by atoms with Crippen LogP contribution >= 0.6 is 0 Å². The lowest BCUT2D eigenvalue weighted by atomic mass is 9.71. The van der Waals surface area contributed by atoms with Gasteiger partial charge in [0.1, 0.15) is 0 Å². The van der Waals surface area contributed by atoms with Crippen molar-refractivity contribution in [1.82, 2.24) is 4.90 Å². The molecule has 0 amide bonds. The molecule has 1 N–H and O–H groups in total. The highest BCUT2D eigenvalue weighted by atomic mass is 16.4. The molecule has 0 spiro atoms. The van der Waals surface area contributed by atoms with Crippen LogP contribution in [-0.2, 0) is 4.79 Å². The predicted octanol–water partition coefficient (Wildman–Crippen LogP) is 3.92. The third kappa shape index (κ3) is 3.97. The molecular formula is C17H31NO2. The maximum atomic E-state index is 11.2. The molecule has 2 aliphatic carbocycles. The summed E-state index contributed by atoms with van der Waals surface area (Å²) in [5.41, 5.74) is 0.399. The lowest BCUT2D eigenvalue weighted by Crippen LogP contribution is -2.47. The number of hydrogen-bond donors (Lipinski definition) is 1. The van der Waals surface area contributed by atoms with Gasteiger partial charge in [-0.15, -0.1) is 0 Å². The monoisotopic (exact) mass is 281 g/mol. The van der Waals surface area contributed by atoms with E-state index in [2.05, 4.69) is 25.7 Å². The van der Waals surface area contributed by atoms with Gasteiger partial charge in [0.2, 0.25) is 0 Å². The lowest BCUT2D eigenvalue weighted by Gasteiger charge is -2.42. The van der Waals surface area contributed by atoms with Gasteiger partial charge in [-0.05, 0) is 49.9 Å². The van der Waals surface area contributed by atoms with E-state index in [1.165, 1.54) is 51.4 Å². The van der Waals surface area contributed by atoms with Crippen LogP contribution in [0, 0.1) is 11.3 Å². The Morgan fingerprint density at radius 2 is 1.50 bits per heavy atom. The maximum Gasteiger partial charge on any atom is 0.317 e. The molecule has 0 unspecified atom stereocenters. The molecule has 0 radical (unpaired) electrons. The molecule has 2 fully saturated rings. The van der Waals surface area contributed by atoms with E-state index in [-0.39, 0.29) is 6.54 Å². The number of nitrogens with zero attached hydrogens (tertiary/aromatic N) is 1. The Kier molecular flexibility index (Phi) is 5.11. The zero-order valence-corrected chi connectivity index (χ0v) is 13.4. The third-order valence-corrected chi connectivity index (χ3v) is 5.50. The Hall–Kier alpha value is -0.570. The molecule has 0 heterocycles. The normalized spacial score (nSPS) is 29.0. The number of carboxylic acid groups (broad SMARTS) is 1. The van der Waals surface area contributed by atoms with Crippen LogP contribution in [0.1, 0.15) is 72.1 Å². The van der Waals surface area contributed by atoms with E-state index >= 15 is 0 Å². The van der Waals surface area contributed by atoms with E-state index in [1.54, 1.807) is 0 Å². The van der Waals surface area contributed by atoms with Crippen molar-refractivity contribution in [2.45, 2.75) is 84.2 Å². The first-order chi connectivity index (χ1) is 9.38. The van der Waals surface area contributed by atoms with Crippen molar-refractivity contribution < 1.29 is 9.90 Å². The van der Waals surface area contributed by atoms with Crippen molar-refractivity contribution >= 4 is 5.97 Å². The summed E-state index contributed by atoms with van der Waals surface area (Å²) in [6.07, 6.45) is 9.85. The molecule has 20 heavy (non-hydrogen) atoms. The highest BCUT2D eigenvalue weighted by molar-refractivity contribution is 5.69. The molecule has 0 aliphatic heterocycles. The molecule has 2 saturated carbocycles. The predicted molar refractivity (Wildman–Crippen MR) is 81.8 cm³/mol. The van der Waals surface area contributed by atoms with Gasteiger partial charge in [0.25, 0.3) is 0 Å². The van der Waals surface area contributed by atoms with Crippen LogP contribution in [0.15, 0.2) is 0 Å². The van der Waals surface area contributed by atoms with Crippen LogP contribution in [0.3, 0.4) is 0 Å². The van der Waals surface area contributed by atoms with Crippen LogP contribution < -0.4 is 0 Å². The van der Waals surface area contributed by atoms with Crippen molar-refractivity contribution in [3.05, 3.63) is 0 Å². The fraction of sp³-hybridized carbons (Fsp3) is 0.941. The smallest absolute Gasteiger partial charge is 0.317 e. The van der Waals surface area contributed by atoms with Crippen LogP contribution in [0.2, 0.25) is 0 Å². The molecule has 0 saturated heterocycles. The first kappa shape index (κ1) is 15.8. The lowest BCUT2D eigenvalue weighted by molar-refractivity contribution is -0.140. The molecule has 2 rings (SSSR count). The average Bonchev–Trinajstić information content (AvgIpc) is 2.88. The Morgan fingerprint density at radius 1 is 1.00 bits per heavy atom. The summed E-state index contributed by atoms with van der Waals surface area (Å²) >= 11 is 0. The van der Waals surface area contributed by atoms with Crippen molar-refractivity contribution in [3.63, 3.8) is 0 Å². The van der Waals surface area contributed by atoms with Crippen molar-refractivity contribution in [1.29, 1.82) is 0 Å². The summed E-state index contributed by atoms with van der Waals surface area (Å²) in [5, 5.41) is 9.21. The van der Waals surface area contributed by atoms with Crippen LogP contribution in [0.5, 0.6) is 0 Å². The van der Waals surface area contributed by atoms with E-state index in [1.807, 2.05) is 0 Å². The third-order valence-electron chi connectivity index (χ3n) is 5.50. The molecule has 3 heteroatoms. The van der Waals surface area contributed by atoms with E-state index in [0.717, 1.165) is 5.92 Å². The molecule has 0 aromatic carbocycles. The number of hydrogen-bond acceptors (Lipinski definition) is 2. The summed E-state index contributed by atoms with van der Waals surface area (Å²) < 4.78 is 0. The topological polar surface area (TPSA) is 40.5 Å². The summed E-state index contributed by atoms with van der Waals surface area (Å²) in [7, 11) is 0. The standard InChI is InChI=1S/C17H31NO2/c1-17(2,3)13-8-10-15(11-9-13)18(12-16(19)20)14-6-4-5-7-14/h13-15H,4-12H2,1-3H3,(H,19,20). The summed E-state index contributed by atoms with van der Waals surface area (Å²) in [4.78, 5) is 13.5. The van der Waals surface area contributed by atoms with Gasteiger partial charge in [-0.3, -0.25) is 9.69 Å². The Bertz CT molecular complexity index is 320. The number of carbonyl (C=O) groups is 1. The molecule has 0 bridgehead atoms. The molecule has 0 aromatic heterocycles. The zero-order chi connectivity index (χ0) is 14.8. The maximum absolute atomic E-state index is 11.2. The van der Waals surface area contributed by atoms with Crippen molar-refractivity contribution in [2.24, 2.45) is 11.3 Å². The van der Waals surface area contributed by atoms with Crippen LogP contribution in [-0.4, -0.2) is 34.6 Å². The van der Waals surface area contributed by atoms with Crippen molar-refractivity contribution in [3.8, 4) is 0 Å². The summed E-state index contributed by atoms with van der Waals surface area (Å²) in [5.74, 6) is 0.142. The van der Waals surface area contributed by atoms with Gasteiger partial charge in [-0.2, -0.15) is 0 Å². The summed E-state index contributed by atoms with van der Waals surface area (Å²) in [6.45, 7) is 7.26. The second-order valence-electron chi connectivity index (χ2n) is 7.88. The Balaban J connectivity index is 1.95. The number of aliphatic carboxylic acids is 1. The van der Waals surface area contributed by atoms with Gasteiger partial charge in [0.05, 0.1) is 6.54 Å². The van der Waals surface area contributed by atoms with Crippen molar-refractivity contribution in [2.75, 3.05) is 6.54 Å². The molecule has 2 aliphatic rings. The number of carboxylic acids is 1. The first-order valence-corrected chi connectivity index (χ1v) is 8.35. The minimum absolute atomic E-state index is 0.246. The van der Waals surface area contributed by atoms with Gasteiger partial charge in [0, 0.05) is 12.1 Å². The largest absolute Gasteiger partial charge is 0.480 e. The summed E-state index contributed by atoms with van der Waals surface area (Å²) in [6, 6.07) is 1.04. The zero-order valence-electron chi connectivity index (χ0n) is 13.4. The van der Waals surface area contributed by atoms with E-state index in [0.29, 0.717) is 17.5 Å². The molecule has 0 aromatic rings. The minimum Gasteiger partial charge on any atom is -0.480 e. The second kappa shape index (κ2) is 6.46. The first-order valence-electron chi connectivity index (χ1n) is 8.35. The fourth-order valence-electron chi connectivity index (χ4n) is 4.22. The quantitative estimate of drug-likeness (QED) is 0.849. The van der Waals surface area contributed by atoms with Gasteiger partial charge in [0.15, 0.2) is 0 Å². The SMILES string of the molecule is CC(C)(C)C1CCC(N(CC(=O)O)C2CCCC2)CC1. The van der Waals surface area contributed by atoms with E-state index < -0.39 is 5.97 Å². The fourth-order valence-corrected chi connectivity index (χ4v) is 4.22. The van der Waals surface area contributed by atoms with Gasteiger partial charge < -0.3 is 5.11 Å². The molecule has 116 valence electrons. The Labute approximate surface area is 123 Å². The van der Waals surface area contributed by atoms with E-state index in [4.69, 9.17) is 0 Å². The van der Waals surface area contributed by atoms with Crippen LogP contribution in [0.4, 0.5) is 0 Å². The molecular weight excluding hydrogens is 250 g/mol. The molecule has 3 nitrogen and oxygen atoms in total. The highest BCUT2D eigenvalue weighted by Crippen LogP contribution is 2.40. The van der Waals surface area contributed by atoms with Crippen LogP contribution in [0.25, 0.3) is 0 Å². The van der Waals surface area contributed by atoms with Gasteiger partial charge in [-0.1, -0.05) is 33.6 Å². The Morgan fingerprint density at radius 3 is 1.95 bits per heavy atom. The van der Waals surface area contributed by atoms with E-state index in [9.17, 15) is 9.90 Å². The average molecular weight is 281 g/mol.